The van der Waals surface area contributed by atoms with E-state index in [2.05, 4.69) is 10.3 Å². The molecule has 1 aromatic heterocycles. The number of hydrogen-bond donors (Lipinski definition) is 0. The Morgan fingerprint density at radius 1 is 1.60 bits per heavy atom. The fourth-order valence-electron chi connectivity index (χ4n) is 0.992. The molecule has 0 spiro atoms. The number of carbonyl (C=O) groups excluding carboxylic acids is 1. The van der Waals surface area contributed by atoms with Gasteiger partial charge in [0.1, 0.15) is 0 Å². The molecule has 0 atom stereocenters. The minimum atomic E-state index is -0.420. The molecular formula is C9H14N4O2. The predicted molar refractivity (Wildman–Crippen MR) is 54.6 cm³/mol. The summed E-state index contributed by atoms with van der Waals surface area (Å²) in [5.74, 6) is -0.420. The van der Waals surface area contributed by atoms with Gasteiger partial charge in [-0.25, -0.2) is 9.48 Å². The second-order valence-corrected chi connectivity index (χ2v) is 3.05. The second-order valence-electron chi connectivity index (χ2n) is 3.05. The molecule has 0 fully saturated rings. The second kappa shape index (κ2) is 5.14. The average molecular weight is 210 g/mol. The highest BCUT2D eigenvalue weighted by Gasteiger charge is 2.13. The van der Waals surface area contributed by atoms with E-state index in [1.807, 2.05) is 14.1 Å². The lowest BCUT2D eigenvalue weighted by Crippen LogP contribution is -2.16. The molecule has 1 rings (SSSR count). The maximum Gasteiger partial charge on any atom is 0.358 e. The molecule has 0 amide bonds. The van der Waals surface area contributed by atoms with E-state index < -0.39 is 5.97 Å². The molecule has 82 valence electrons. The Balaban J connectivity index is 2.94. The average Bonchev–Trinajstić information content (AvgIpc) is 2.66. The maximum atomic E-state index is 11.6. The lowest BCUT2D eigenvalue weighted by Gasteiger charge is -2.10. The number of ether oxygens (including phenoxy) is 1. The molecule has 6 heteroatoms. The van der Waals surface area contributed by atoms with Gasteiger partial charge in [0.15, 0.2) is 5.70 Å². The van der Waals surface area contributed by atoms with Crippen molar-refractivity contribution in [3.8, 4) is 0 Å². The van der Waals surface area contributed by atoms with Gasteiger partial charge in [-0.2, -0.15) is 0 Å². The molecule has 0 unspecified atom stereocenters. The Hall–Kier alpha value is -1.85. The minimum absolute atomic E-state index is 0.332. The Bertz CT molecular complexity index is 343. The number of aromatic nitrogens is 3. The van der Waals surface area contributed by atoms with E-state index in [0.717, 1.165) is 0 Å². The van der Waals surface area contributed by atoms with Crippen molar-refractivity contribution >= 4 is 11.7 Å². The third kappa shape index (κ3) is 3.08. The minimum Gasteiger partial charge on any atom is -0.461 e. The van der Waals surface area contributed by atoms with E-state index in [0.29, 0.717) is 12.3 Å². The monoisotopic (exact) mass is 210 g/mol. The van der Waals surface area contributed by atoms with Gasteiger partial charge >= 0.3 is 5.97 Å². The topological polar surface area (TPSA) is 60.2 Å². The molecule has 15 heavy (non-hydrogen) atoms. The summed E-state index contributed by atoms with van der Waals surface area (Å²) in [4.78, 5) is 13.3. The van der Waals surface area contributed by atoms with Gasteiger partial charge in [0, 0.05) is 20.3 Å². The molecule has 1 heterocycles. The highest BCUT2D eigenvalue weighted by molar-refractivity contribution is 6.09. The van der Waals surface area contributed by atoms with Crippen LogP contribution in [0.5, 0.6) is 0 Å². The van der Waals surface area contributed by atoms with E-state index >= 15 is 0 Å². The van der Waals surface area contributed by atoms with Crippen LogP contribution >= 0.6 is 0 Å². The summed E-state index contributed by atoms with van der Waals surface area (Å²) < 4.78 is 6.28. The summed E-state index contributed by atoms with van der Waals surface area (Å²) in [7, 11) is 3.63. The van der Waals surface area contributed by atoms with Crippen molar-refractivity contribution in [1.82, 2.24) is 19.9 Å². The van der Waals surface area contributed by atoms with E-state index in [1.165, 1.54) is 10.9 Å². The van der Waals surface area contributed by atoms with Gasteiger partial charge in [0.25, 0.3) is 0 Å². The molecule has 1 aromatic rings. The first-order chi connectivity index (χ1) is 7.15. The highest BCUT2D eigenvalue weighted by atomic mass is 16.5. The molecule has 0 aliphatic carbocycles. The van der Waals surface area contributed by atoms with E-state index in [9.17, 15) is 4.79 Å². The van der Waals surface area contributed by atoms with E-state index in [4.69, 9.17) is 4.74 Å². The van der Waals surface area contributed by atoms with Gasteiger partial charge in [-0.15, -0.1) is 5.10 Å². The Morgan fingerprint density at radius 3 is 2.80 bits per heavy atom. The molecule has 0 radical (unpaired) electrons. The molecule has 0 aliphatic heterocycles. The van der Waals surface area contributed by atoms with Crippen molar-refractivity contribution in [1.29, 1.82) is 0 Å². The van der Waals surface area contributed by atoms with Crippen LogP contribution in [0.3, 0.4) is 0 Å². The predicted octanol–water partition coefficient (Wildman–Crippen LogP) is 0.201. The Kier molecular flexibility index (Phi) is 3.84. The van der Waals surface area contributed by atoms with Gasteiger partial charge in [0.2, 0.25) is 0 Å². The molecule has 0 N–H and O–H groups in total. The molecule has 6 nitrogen and oxygen atoms in total. The molecule has 0 saturated carbocycles. The number of carbonyl (C=O) groups is 1. The van der Waals surface area contributed by atoms with Crippen molar-refractivity contribution in [2.24, 2.45) is 0 Å². The van der Waals surface area contributed by atoms with Crippen LogP contribution in [0.4, 0.5) is 0 Å². The first-order valence-corrected chi connectivity index (χ1v) is 4.57. The summed E-state index contributed by atoms with van der Waals surface area (Å²) in [6.45, 7) is 2.09. The lowest BCUT2D eigenvalue weighted by molar-refractivity contribution is -0.136. The maximum absolute atomic E-state index is 11.6. The van der Waals surface area contributed by atoms with Crippen LogP contribution in [-0.4, -0.2) is 46.6 Å². The van der Waals surface area contributed by atoms with E-state index in [1.54, 1.807) is 24.2 Å². The number of nitrogens with zero attached hydrogens (tertiary/aromatic N) is 4. The van der Waals surface area contributed by atoms with Crippen molar-refractivity contribution < 1.29 is 9.53 Å². The van der Waals surface area contributed by atoms with Crippen LogP contribution in [0.1, 0.15) is 6.92 Å². The van der Waals surface area contributed by atoms with Gasteiger partial charge in [-0.1, -0.05) is 5.21 Å². The summed E-state index contributed by atoms with van der Waals surface area (Å²) in [5.41, 5.74) is 0.333. The molecule has 0 saturated heterocycles. The normalized spacial score (nSPS) is 11.3. The van der Waals surface area contributed by atoms with Crippen LogP contribution in [-0.2, 0) is 9.53 Å². The van der Waals surface area contributed by atoms with Crippen molar-refractivity contribution in [2.45, 2.75) is 6.92 Å². The summed E-state index contributed by atoms with van der Waals surface area (Å²) >= 11 is 0. The van der Waals surface area contributed by atoms with Crippen LogP contribution in [0.15, 0.2) is 18.6 Å². The summed E-state index contributed by atoms with van der Waals surface area (Å²) in [5, 5.41) is 7.38. The Morgan fingerprint density at radius 2 is 2.33 bits per heavy atom. The molecular weight excluding hydrogens is 196 g/mol. The molecule has 0 aliphatic rings. The number of esters is 1. The lowest BCUT2D eigenvalue weighted by atomic mass is 10.4. The van der Waals surface area contributed by atoms with Crippen LogP contribution in [0.25, 0.3) is 5.70 Å². The van der Waals surface area contributed by atoms with Crippen LogP contribution < -0.4 is 0 Å². The first kappa shape index (κ1) is 11.2. The third-order valence-corrected chi connectivity index (χ3v) is 1.53. The van der Waals surface area contributed by atoms with Crippen molar-refractivity contribution in [3.05, 3.63) is 18.6 Å². The Labute approximate surface area is 88.1 Å². The van der Waals surface area contributed by atoms with E-state index in [-0.39, 0.29) is 0 Å². The quantitative estimate of drug-likeness (QED) is 0.525. The third-order valence-electron chi connectivity index (χ3n) is 1.53. The molecule has 0 aromatic carbocycles. The SMILES string of the molecule is CCOC(=O)/C(=C\N(C)C)n1ccnn1. The number of hydrogen-bond acceptors (Lipinski definition) is 5. The summed E-state index contributed by atoms with van der Waals surface area (Å²) in [6.07, 6.45) is 4.72. The van der Waals surface area contributed by atoms with Crippen molar-refractivity contribution in [3.63, 3.8) is 0 Å². The van der Waals surface area contributed by atoms with Crippen LogP contribution in [0.2, 0.25) is 0 Å². The van der Waals surface area contributed by atoms with Crippen LogP contribution in [0, 0.1) is 0 Å². The zero-order chi connectivity index (χ0) is 11.3. The van der Waals surface area contributed by atoms with Crippen molar-refractivity contribution in [2.75, 3.05) is 20.7 Å². The van der Waals surface area contributed by atoms with Gasteiger partial charge in [0.05, 0.1) is 19.0 Å². The molecule has 0 bridgehead atoms. The zero-order valence-electron chi connectivity index (χ0n) is 9.04. The van der Waals surface area contributed by atoms with Gasteiger partial charge in [-0.05, 0) is 6.92 Å². The van der Waals surface area contributed by atoms with Gasteiger partial charge in [-0.3, -0.25) is 0 Å². The van der Waals surface area contributed by atoms with Gasteiger partial charge < -0.3 is 9.64 Å². The number of rotatable bonds is 4. The fourth-order valence-corrected chi connectivity index (χ4v) is 0.992. The highest BCUT2D eigenvalue weighted by Crippen LogP contribution is 2.05. The summed E-state index contributed by atoms with van der Waals surface area (Å²) in [6, 6.07) is 0. The fraction of sp³-hybridized carbons (Fsp3) is 0.444. The zero-order valence-corrected chi connectivity index (χ0v) is 9.04. The standard InChI is InChI=1S/C9H14N4O2/c1-4-15-9(14)8(7-12(2)3)13-6-5-10-11-13/h5-7H,4H2,1-3H3/b8-7+. The largest absolute Gasteiger partial charge is 0.461 e. The smallest absolute Gasteiger partial charge is 0.358 e. The first-order valence-electron chi connectivity index (χ1n) is 4.57.